The van der Waals surface area contributed by atoms with Crippen LogP contribution in [0.2, 0.25) is 0 Å². The zero-order chi connectivity index (χ0) is 17.5. The van der Waals surface area contributed by atoms with Gasteiger partial charge < -0.3 is 20.5 Å². The van der Waals surface area contributed by atoms with Gasteiger partial charge in [0, 0.05) is 24.8 Å². The molecule has 3 rings (SSSR count). The molecule has 3 amide bonds. The lowest BCUT2D eigenvalue weighted by atomic mass is 10.3. The molecule has 3 aromatic rings. The van der Waals surface area contributed by atoms with E-state index in [0.29, 0.717) is 18.0 Å². The Labute approximate surface area is 148 Å². The molecule has 3 N–H and O–H groups in total. The summed E-state index contributed by atoms with van der Waals surface area (Å²) < 4.78 is 5.16. The van der Waals surface area contributed by atoms with Crippen LogP contribution in [-0.2, 0) is 0 Å². The van der Waals surface area contributed by atoms with Gasteiger partial charge in [0.05, 0.1) is 4.88 Å². The fourth-order valence-electron chi connectivity index (χ4n) is 2.06. The van der Waals surface area contributed by atoms with Crippen LogP contribution in [0.15, 0.2) is 58.4 Å². The van der Waals surface area contributed by atoms with Crippen LogP contribution in [-0.4, -0.2) is 30.2 Å². The van der Waals surface area contributed by atoms with Gasteiger partial charge in [-0.15, -0.1) is 11.3 Å². The zero-order valence-electron chi connectivity index (χ0n) is 13.2. The van der Waals surface area contributed by atoms with E-state index in [1.165, 1.54) is 11.3 Å². The zero-order valence-corrected chi connectivity index (χ0v) is 14.0. The SMILES string of the molecule is O=C(NCCNC(=O)c1cc(-c2cccs2)on1)Nc1ccccc1. The van der Waals surface area contributed by atoms with E-state index in [0.717, 1.165) is 4.88 Å². The molecule has 2 heterocycles. The summed E-state index contributed by atoms with van der Waals surface area (Å²) in [6.45, 7) is 0.572. The number of rotatable bonds is 6. The van der Waals surface area contributed by atoms with E-state index in [9.17, 15) is 9.59 Å². The first kappa shape index (κ1) is 16.7. The molecular weight excluding hydrogens is 340 g/mol. The number of carbonyl (C=O) groups is 2. The predicted molar refractivity (Wildman–Crippen MR) is 95.6 cm³/mol. The minimum absolute atomic E-state index is 0.206. The number of anilines is 1. The fraction of sp³-hybridized carbons (Fsp3) is 0.118. The first-order valence-corrected chi connectivity index (χ1v) is 8.49. The molecule has 0 aliphatic heterocycles. The van der Waals surface area contributed by atoms with Gasteiger partial charge in [-0.3, -0.25) is 4.79 Å². The highest BCUT2D eigenvalue weighted by Gasteiger charge is 2.13. The lowest BCUT2D eigenvalue weighted by Crippen LogP contribution is -2.36. The van der Waals surface area contributed by atoms with Gasteiger partial charge in [-0.2, -0.15) is 0 Å². The third-order valence-electron chi connectivity index (χ3n) is 3.23. The van der Waals surface area contributed by atoms with Crippen molar-refractivity contribution < 1.29 is 14.1 Å². The number of para-hydroxylation sites is 1. The molecule has 0 saturated heterocycles. The minimum Gasteiger partial charge on any atom is -0.355 e. The molecule has 1 aromatic carbocycles. The van der Waals surface area contributed by atoms with Crippen LogP contribution in [0.3, 0.4) is 0 Å². The monoisotopic (exact) mass is 356 g/mol. The Morgan fingerprint density at radius 1 is 1.04 bits per heavy atom. The number of benzene rings is 1. The van der Waals surface area contributed by atoms with E-state index in [2.05, 4.69) is 21.1 Å². The molecule has 0 unspecified atom stereocenters. The van der Waals surface area contributed by atoms with Gasteiger partial charge in [-0.25, -0.2) is 4.79 Å². The molecule has 0 aliphatic carbocycles. The second-order valence-electron chi connectivity index (χ2n) is 5.06. The summed E-state index contributed by atoms with van der Waals surface area (Å²) in [6.07, 6.45) is 0. The highest BCUT2D eigenvalue weighted by atomic mass is 32.1. The quantitative estimate of drug-likeness (QED) is 0.592. The number of thiophene rings is 1. The normalized spacial score (nSPS) is 10.2. The van der Waals surface area contributed by atoms with E-state index in [1.807, 2.05) is 35.7 Å². The second kappa shape index (κ2) is 8.11. The van der Waals surface area contributed by atoms with Crippen molar-refractivity contribution in [3.8, 4) is 10.6 Å². The first-order chi connectivity index (χ1) is 12.2. The van der Waals surface area contributed by atoms with E-state index in [1.54, 1.807) is 18.2 Å². The van der Waals surface area contributed by atoms with Crippen LogP contribution in [0.1, 0.15) is 10.5 Å². The number of urea groups is 1. The fourth-order valence-corrected chi connectivity index (χ4v) is 2.73. The van der Waals surface area contributed by atoms with Crippen LogP contribution in [0.5, 0.6) is 0 Å². The molecule has 0 saturated carbocycles. The Morgan fingerprint density at radius 2 is 1.84 bits per heavy atom. The number of nitrogens with zero attached hydrogens (tertiary/aromatic N) is 1. The third-order valence-corrected chi connectivity index (χ3v) is 4.12. The molecule has 8 heteroatoms. The van der Waals surface area contributed by atoms with Crippen molar-refractivity contribution in [3.05, 3.63) is 59.6 Å². The molecular formula is C17H16N4O3S. The Kier molecular flexibility index (Phi) is 5.43. The molecule has 7 nitrogen and oxygen atoms in total. The van der Waals surface area contributed by atoms with Crippen molar-refractivity contribution in [3.63, 3.8) is 0 Å². The Bertz CT molecular complexity index is 831. The highest BCUT2D eigenvalue weighted by Crippen LogP contribution is 2.24. The second-order valence-corrected chi connectivity index (χ2v) is 6.00. The van der Waals surface area contributed by atoms with Crippen LogP contribution in [0.25, 0.3) is 10.6 Å². The van der Waals surface area contributed by atoms with Gasteiger partial charge in [0.25, 0.3) is 5.91 Å². The average molecular weight is 356 g/mol. The summed E-state index contributed by atoms with van der Waals surface area (Å²) >= 11 is 1.51. The number of aromatic nitrogens is 1. The van der Waals surface area contributed by atoms with Crippen LogP contribution in [0, 0.1) is 0 Å². The van der Waals surface area contributed by atoms with Crippen molar-refractivity contribution in [1.29, 1.82) is 0 Å². The molecule has 25 heavy (non-hydrogen) atoms. The highest BCUT2D eigenvalue weighted by molar-refractivity contribution is 7.13. The standard InChI is InChI=1S/C17H16N4O3S/c22-16(13-11-14(24-21-13)15-7-4-10-25-15)18-8-9-19-17(23)20-12-5-2-1-3-6-12/h1-7,10-11H,8-9H2,(H,18,22)(H2,19,20,23). The Balaban J connectivity index is 1.40. The first-order valence-electron chi connectivity index (χ1n) is 7.61. The molecule has 128 valence electrons. The summed E-state index contributed by atoms with van der Waals surface area (Å²) in [5, 5.41) is 13.7. The van der Waals surface area contributed by atoms with Gasteiger partial charge in [0.2, 0.25) is 0 Å². The largest absolute Gasteiger partial charge is 0.355 e. The maximum Gasteiger partial charge on any atom is 0.319 e. The van der Waals surface area contributed by atoms with Crippen molar-refractivity contribution >= 4 is 29.0 Å². The maximum atomic E-state index is 12.0. The molecule has 0 spiro atoms. The summed E-state index contributed by atoms with van der Waals surface area (Å²) in [7, 11) is 0. The number of nitrogens with one attached hydrogen (secondary N) is 3. The smallest absolute Gasteiger partial charge is 0.319 e. The van der Waals surface area contributed by atoms with Crippen LogP contribution >= 0.6 is 11.3 Å². The number of amides is 3. The molecule has 0 bridgehead atoms. The summed E-state index contributed by atoms with van der Waals surface area (Å²) in [5.74, 6) is 0.206. The van der Waals surface area contributed by atoms with Crippen molar-refractivity contribution in [1.82, 2.24) is 15.8 Å². The molecule has 0 aliphatic rings. The van der Waals surface area contributed by atoms with Gasteiger partial charge in [0.1, 0.15) is 0 Å². The minimum atomic E-state index is -0.350. The average Bonchev–Trinajstić information content (AvgIpc) is 3.30. The molecule has 2 aromatic heterocycles. The van der Waals surface area contributed by atoms with E-state index < -0.39 is 0 Å². The summed E-state index contributed by atoms with van der Waals surface area (Å²) in [4.78, 5) is 24.6. The van der Waals surface area contributed by atoms with Crippen molar-refractivity contribution in [2.75, 3.05) is 18.4 Å². The summed E-state index contributed by atoms with van der Waals surface area (Å²) in [5.41, 5.74) is 0.907. The van der Waals surface area contributed by atoms with E-state index in [4.69, 9.17) is 4.52 Å². The van der Waals surface area contributed by atoms with Gasteiger partial charge in [-0.05, 0) is 23.6 Å². The maximum absolute atomic E-state index is 12.0. The Hall–Kier alpha value is -3.13. The number of hydrogen-bond acceptors (Lipinski definition) is 5. The predicted octanol–water partition coefficient (Wildman–Crippen LogP) is 2.95. The van der Waals surface area contributed by atoms with Gasteiger partial charge >= 0.3 is 6.03 Å². The molecule has 0 fully saturated rings. The lowest BCUT2D eigenvalue weighted by molar-refractivity contribution is 0.0945. The van der Waals surface area contributed by atoms with Crippen LogP contribution in [0.4, 0.5) is 10.5 Å². The van der Waals surface area contributed by atoms with E-state index in [-0.39, 0.29) is 24.2 Å². The van der Waals surface area contributed by atoms with Gasteiger partial charge in [0.15, 0.2) is 11.5 Å². The van der Waals surface area contributed by atoms with Crippen molar-refractivity contribution in [2.24, 2.45) is 0 Å². The summed E-state index contributed by atoms with van der Waals surface area (Å²) in [6, 6.07) is 14.2. The Morgan fingerprint density at radius 3 is 2.60 bits per heavy atom. The number of carbonyl (C=O) groups excluding carboxylic acids is 2. The van der Waals surface area contributed by atoms with Crippen LogP contribution < -0.4 is 16.0 Å². The number of hydrogen-bond donors (Lipinski definition) is 3. The molecule has 0 atom stereocenters. The molecule has 0 radical (unpaired) electrons. The third kappa shape index (κ3) is 4.67. The van der Waals surface area contributed by atoms with Crippen molar-refractivity contribution in [2.45, 2.75) is 0 Å². The van der Waals surface area contributed by atoms with Gasteiger partial charge in [-0.1, -0.05) is 29.4 Å². The lowest BCUT2D eigenvalue weighted by Gasteiger charge is -2.07. The topological polar surface area (TPSA) is 96.3 Å². The van der Waals surface area contributed by atoms with E-state index >= 15 is 0 Å².